The minimum atomic E-state index is -0.556. The van der Waals surface area contributed by atoms with Gasteiger partial charge in [-0.05, 0) is 19.1 Å². The summed E-state index contributed by atoms with van der Waals surface area (Å²) in [5, 5.41) is 8.13. The van der Waals surface area contributed by atoms with Crippen LogP contribution >= 0.6 is 0 Å². The third-order valence-electron chi connectivity index (χ3n) is 3.94. The highest BCUT2D eigenvalue weighted by molar-refractivity contribution is 5.84. The molecule has 3 N–H and O–H groups in total. The third-order valence-corrected chi connectivity index (χ3v) is 3.94. The lowest BCUT2D eigenvalue weighted by atomic mass is 10.1. The van der Waals surface area contributed by atoms with Gasteiger partial charge in [0.15, 0.2) is 6.10 Å². The molecule has 0 saturated carbocycles. The van der Waals surface area contributed by atoms with E-state index < -0.39 is 12.2 Å². The molecule has 3 amide bonds. The van der Waals surface area contributed by atoms with Crippen molar-refractivity contribution in [1.82, 2.24) is 10.6 Å². The molecular formula is C16H21N3O5. The Hall–Kier alpha value is -2.32. The van der Waals surface area contributed by atoms with Crippen LogP contribution in [-0.4, -0.2) is 56.2 Å². The highest BCUT2D eigenvalue weighted by atomic mass is 16.6. The first-order chi connectivity index (χ1) is 11.7. The van der Waals surface area contributed by atoms with Gasteiger partial charge in [0.1, 0.15) is 12.2 Å². The zero-order valence-electron chi connectivity index (χ0n) is 13.4. The van der Waals surface area contributed by atoms with Gasteiger partial charge in [0.25, 0.3) is 0 Å². The van der Waals surface area contributed by atoms with E-state index in [0.717, 1.165) is 0 Å². The predicted octanol–water partition coefficient (Wildman–Crippen LogP) is 1.09. The molecule has 2 heterocycles. The minimum Gasteiger partial charge on any atom is -0.441 e. The van der Waals surface area contributed by atoms with Crippen LogP contribution in [0.4, 0.5) is 15.3 Å². The van der Waals surface area contributed by atoms with Crippen molar-refractivity contribution in [2.45, 2.75) is 31.3 Å². The van der Waals surface area contributed by atoms with Crippen molar-refractivity contribution < 1.29 is 23.8 Å². The normalized spacial score (nSPS) is 28.0. The number of carbonyl (C=O) groups excluding carboxylic acids is 2. The second-order valence-corrected chi connectivity index (χ2v) is 5.64. The van der Waals surface area contributed by atoms with Crippen LogP contribution in [0.15, 0.2) is 30.3 Å². The first kappa shape index (κ1) is 16.5. The highest BCUT2D eigenvalue weighted by Gasteiger charge is 2.50. The van der Waals surface area contributed by atoms with Crippen molar-refractivity contribution >= 4 is 17.8 Å². The zero-order valence-corrected chi connectivity index (χ0v) is 13.4. The van der Waals surface area contributed by atoms with Crippen LogP contribution in [0, 0.1) is 0 Å². The van der Waals surface area contributed by atoms with E-state index in [9.17, 15) is 9.59 Å². The number of hydrogen-bond donors (Lipinski definition) is 3. The Morgan fingerprint density at radius 2 is 1.92 bits per heavy atom. The topological polar surface area (TPSA) is 97.9 Å². The zero-order chi connectivity index (χ0) is 16.9. The Bertz CT molecular complexity index is 582. The van der Waals surface area contributed by atoms with Crippen LogP contribution < -0.4 is 16.0 Å². The van der Waals surface area contributed by atoms with E-state index in [4.69, 9.17) is 14.2 Å². The molecule has 2 fully saturated rings. The molecule has 1 aromatic rings. The minimum absolute atomic E-state index is 0.241. The summed E-state index contributed by atoms with van der Waals surface area (Å²) in [7, 11) is 0. The standard InChI is InChI=1S/C16H21N3O5/c1-2-17-15(20)19-11-8-22-14-12(9-23-13(11)14)24-16(21)18-10-6-4-3-5-7-10/h3-7,11-14H,2,8-9H2,1H3,(H,18,21)(H2,17,19,20)/t11-,12+,13+,14+/m0/s1. The van der Waals surface area contributed by atoms with E-state index in [1.807, 2.05) is 25.1 Å². The summed E-state index contributed by atoms with van der Waals surface area (Å²) in [6, 6.07) is 8.53. The molecule has 0 bridgehead atoms. The summed E-state index contributed by atoms with van der Waals surface area (Å²) in [6.07, 6.45) is -1.75. The summed E-state index contributed by atoms with van der Waals surface area (Å²) in [5.74, 6) is 0. The summed E-state index contributed by atoms with van der Waals surface area (Å²) >= 11 is 0. The van der Waals surface area contributed by atoms with Gasteiger partial charge in [0, 0.05) is 12.2 Å². The number of hydrogen-bond acceptors (Lipinski definition) is 5. The lowest BCUT2D eigenvalue weighted by Gasteiger charge is -2.18. The lowest BCUT2D eigenvalue weighted by molar-refractivity contribution is 0.00872. The van der Waals surface area contributed by atoms with E-state index in [1.165, 1.54) is 0 Å². The number of para-hydroxylation sites is 1. The number of fused-ring (bicyclic) bond motifs is 1. The number of ether oxygens (including phenoxy) is 3. The van der Waals surface area contributed by atoms with E-state index in [2.05, 4.69) is 16.0 Å². The molecule has 1 aromatic carbocycles. The summed E-state index contributed by atoms with van der Waals surface area (Å²) in [6.45, 7) is 2.95. The molecule has 0 spiro atoms. The SMILES string of the molecule is CCNC(=O)N[C@H]1CO[C@H]2[C@@H]1OC[C@H]2OC(=O)Nc1ccccc1. The summed E-state index contributed by atoms with van der Waals surface area (Å²) < 4.78 is 16.7. The number of amides is 3. The van der Waals surface area contributed by atoms with Crippen molar-refractivity contribution in [2.24, 2.45) is 0 Å². The second-order valence-electron chi connectivity index (χ2n) is 5.64. The molecule has 8 heteroatoms. The molecule has 0 aliphatic carbocycles. The Balaban J connectivity index is 1.51. The number of anilines is 1. The van der Waals surface area contributed by atoms with Gasteiger partial charge in [-0.3, -0.25) is 5.32 Å². The molecule has 0 radical (unpaired) electrons. The Morgan fingerprint density at radius 3 is 2.67 bits per heavy atom. The molecule has 0 aromatic heterocycles. The van der Waals surface area contributed by atoms with Crippen LogP contribution in [0.2, 0.25) is 0 Å². The molecule has 8 nitrogen and oxygen atoms in total. The fourth-order valence-electron chi connectivity index (χ4n) is 2.88. The molecule has 3 rings (SSSR count). The lowest BCUT2D eigenvalue weighted by Crippen LogP contribution is -2.48. The van der Waals surface area contributed by atoms with Crippen LogP contribution in [-0.2, 0) is 14.2 Å². The van der Waals surface area contributed by atoms with Gasteiger partial charge in [0.2, 0.25) is 0 Å². The van der Waals surface area contributed by atoms with Gasteiger partial charge in [-0.2, -0.15) is 0 Å². The first-order valence-corrected chi connectivity index (χ1v) is 7.97. The number of rotatable bonds is 4. The molecule has 2 aliphatic heterocycles. The molecule has 2 aliphatic rings. The number of urea groups is 1. The Labute approximate surface area is 139 Å². The van der Waals surface area contributed by atoms with Crippen molar-refractivity contribution in [1.29, 1.82) is 0 Å². The van der Waals surface area contributed by atoms with Crippen molar-refractivity contribution in [2.75, 3.05) is 25.1 Å². The maximum atomic E-state index is 12.0. The maximum absolute atomic E-state index is 12.0. The van der Waals surface area contributed by atoms with E-state index in [1.54, 1.807) is 12.1 Å². The summed E-state index contributed by atoms with van der Waals surface area (Å²) in [5.41, 5.74) is 0.654. The van der Waals surface area contributed by atoms with Gasteiger partial charge in [-0.25, -0.2) is 9.59 Å². The van der Waals surface area contributed by atoms with Crippen LogP contribution in [0.1, 0.15) is 6.92 Å². The van der Waals surface area contributed by atoms with Crippen molar-refractivity contribution in [3.8, 4) is 0 Å². The highest BCUT2D eigenvalue weighted by Crippen LogP contribution is 2.29. The van der Waals surface area contributed by atoms with Crippen LogP contribution in [0.3, 0.4) is 0 Å². The fourth-order valence-corrected chi connectivity index (χ4v) is 2.88. The predicted molar refractivity (Wildman–Crippen MR) is 85.8 cm³/mol. The monoisotopic (exact) mass is 335 g/mol. The van der Waals surface area contributed by atoms with Crippen molar-refractivity contribution in [3.05, 3.63) is 30.3 Å². The fraction of sp³-hybridized carbons (Fsp3) is 0.500. The van der Waals surface area contributed by atoms with Crippen molar-refractivity contribution in [3.63, 3.8) is 0 Å². The van der Waals surface area contributed by atoms with Crippen LogP contribution in [0.25, 0.3) is 0 Å². The average Bonchev–Trinajstić information content (AvgIpc) is 3.13. The largest absolute Gasteiger partial charge is 0.441 e. The van der Waals surface area contributed by atoms with E-state index in [-0.39, 0.29) is 30.9 Å². The molecule has 0 unspecified atom stereocenters. The van der Waals surface area contributed by atoms with E-state index in [0.29, 0.717) is 18.8 Å². The van der Waals surface area contributed by atoms with Gasteiger partial charge in [-0.15, -0.1) is 0 Å². The van der Waals surface area contributed by atoms with Crippen LogP contribution in [0.5, 0.6) is 0 Å². The first-order valence-electron chi connectivity index (χ1n) is 7.97. The third kappa shape index (κ3) is 3.77. The smallest absolute Gasteiger partial charge is 0.412 e. The van der Waals surface area contributed by atoms with Gasteiger partial charge >= 0.3 is 12.1 Å². The maximum Gasteiger partial charge on any atom is 0.412 e. The average molecular weight is 335 g/mol. The number of carbonyl (C=O) groups is 2. The van der Waals surface area contributed by atoms with E-state index >= 15 is 0 Å². The van der Waals surface area contributed by atoms with Gasteiger partial charge < -0.3 is 24.8 Å². The molecular weight excluding hydrogens is 314 g/mol. The molecule has 2 saturated heterocycles. The summed E-state index contributed by atoms with van der Waals surface area (Å²) in [4.78, 5) is 23.6. The molecule has 130 valence electrons. The second kappa shape index (κ2) is 7.50. The quantitative estimate of drug-likeness (QED) is 0.765. The van der Waals surface area contributed by atoms with Gasteiger partial charge in [0.05, 0.1) is 19.3 Å². The number of benzene rings is 1. The molecule has 4 atom stereocenters. The Morgan fingerprint density at radius 1 is 1.17 bits per heavy atom. The van der Waals surface area contributed by atoms with Gasteiger partial charge in [-0.1, -0.05) is 18.2 Å². The molecule has 24 heavy (non-hydrogen) atoms. The number of nitrogens with one attached hydrogen (secondary N) is 3. The Kier molecular flexibility index (Phi) is 5.17.